The first kappa shape index (κ1) is 16.1. The Bertz CT molecular complexity index is 1130. The van der Waals surface area contributed by atoms with Gasteiger partial charge in [0.15, 0.2) is 0 Å². The van der Waals surface area contributed by atoms with Crippen LogP contribution in [0.3, 0.4) is 0 Å². The molecule has 0 saturated carbocycles. The molecule has 2 aromatic heterocycles. The Morgan fingerprint density at radius 1 is 1.12 bits per heavy atom. The predicted molar refractivity (Wildman–Crippen MR) is 102 cm³/mol. The van der Waals surface area contributed by atoms with Crippen molar-refractivity contribution in [1.82, 2.24) is 19.7 Å². The van der Waals surface area contributed by atoms with Gasteiger partial charge in [-0.1, -0.05) is 35.5 Å². The molecular weight excluding hydrogens is 328 g/mol. The normalized spacial score (nSPS) is 11.8. The average molecular weight is 346 g/mol. The molecule has 0 aliphatic heterocycles. The van der Waals surface area contributed by atoms with Crippen molar-refractivity contribution in [3.63, 3.8) is 0 Å². The van der Waals surface area contributed by atoms with Crippen molar-refractivity contribution in [2.75, 3.05) is 0 Å². The lowest BCUT2D eigenvalue weighted by atomic mass is 10.2. The summed E-state index contributed by atoms with van der Waals surface area (Å²) in [5.41, 5.74) is 3.35. The molecule has 0 atom stereocenters. The molecule has 0 saturated heterocycles. The van der Waals surface area contributed by atoms with E-state index < -0.39 is 0 Å². The summed E-state index contributed by atoms with van der Waals surface area (Å²) in [6, 6.07) is 15.6. The van der Waals surface area contributed by atoms with Crippen molar-refractivity contribution in [2.24, 2.45) is 0 Å². The van der Waals surface area contributed by atoms with E-state index in [1.807, 2.05) is 68.5 Å². The second-order valence-electron chi connectivity index (χ2n) is 6.33. The SMILES string of the molecule is CC(C)n1c(=O)[nH]c2cc(-c3noc(/C=C/c4ccccc4)n3)ccc21. The van der Waals surface area contributed by atoms with Crippen LogP contribution < -0.4 is 5.69 Å². The zero-order chi connectivity index (χ0) is 18.1. The first-order valence-corrected chi connectivity index (χ1v) is 8.43. The van der Waals surface area contributed by atoms with E-state index in [1.165, 1.54) is 0 Å². The van der Waals surface area contributed by atoms with Crippen LogP contribution in [0, 0.1) is 0 Å². The molecule has 0 spiro atoms. The highest BCUT2D eigenvalue weighted by Crippen LogP contribution is 2.22. The predicted octanol–water partition coefficient (Wildman–Crippen LogP) is 4.13. The molecule has 26 heavy (non-hydrogen) atoms. The number of hydrogen-bond acceptors (Lipinski definition) is 4. The lowest BCUT2D eigenvalue weighted by molar-refractivity contribution is 0.411. The maximum atomic E-state index is 12.1. The maximum Gasteiger partial charge on any atom is 0.326 e. The fourth-order valence-corrected chi connectivity index (χ4v) is 2.93. The molecule has 2 heterocycles. The van der Waals surface area contributed by atoms with E-state index in [2.05, 4.69) is 15.1 Å². The largest absolute Gasteiger partial charge is 0.334 e. The van der Waals surface area contributed by atoms with Gasteiger partial charge in [0.2, 0.25) is 5.82 Å². The third-order valence-electron chi connectivity index (χ3n) is 4.15. The molecule has 0 aliphatic rings. The minimum Gasteiger partial charge on any atom is -0.334 e. The van der Waals surface area contributed by atoms with E-state index >= 15 is 0 Å². The number of fused-ring (bicyclic) bond motifs is 1. The number of nitrogens with one attached hydrogen (secondary N) is 1. The van der Waals surface area contributed by atoms with Crippen molar-refractivity contribution >= 4 is 23.2 Å². The van der Waals surface area contributed by atoms with Crippen molar-refractivity contribution < 1.29 is 4.52 Å². The van der Waals surface area contributed by atoms with E-state index in [9.17, 15) is 4.79 Å². The Labute approximate surface area is 149 Å². The zero-order valence-electron chi connectivity index (χ0n) is 14.5. The van der Waals surface area contributed by atoms with Crippen LogP contribution in [0.4, 0.5) is 0 Å². The van der Waals surface area contributed by atoms with Gasteiger partial charge in [0.1, 0.15) is 0 Å². The summed E-state index contributed by atoms with van der Waals surface area (Å²) in [6.07, 6.45) is 3.70. The van der Waals surface area contributed by atoms with Gasteiger partial charge in [0.25, 0.3) is 5.89 Å². The van der Waals surface area contributed by atoms with Gasteiger partial charge >= 0.3 is 5.69 Å². The van der Waals surface area contributed by atoms with Crippen molar-refractivity contribution in [1.29, 1.82) is 0 Å². The van der Waals surface area contributed by atoms with E-state index in [0.717, 1.165) is 22.2 Å². The summed E-state index contributed by atoms with van der Waals surface area (Å²) in [6.45, 7) is 3.96. The number of aromatic amines is 1. The van der Waals surface area contributed by atoms with Gasteiger partial charge in [-0.15, -0.1) is 0 Å². The van der Waals surface area contributed by atoms with Gasteiger partial charge in [-0.25, -0.2) is 4.79 Å². The van der Waals surface area contributed by atoms with Gasteiger partial charge in [-0.05, 0) is 43.7 Å². The van der Waals surface area contributed by atoms with Crippen LogP contribution in [0.2, 0.25) is 0 Å². The second kappa shape index (κ2) is 6.48. The Morgan fingerprint density at radius 3 is 2.69 bits per heavy atom. The molecule has 0 aliphatic carbocycles. The molecule has 4 aromatic rings. The van der Waals surface area contributed by atoms with Crippen LogP contribution in [0.25, 0.3) is 34.6 Å². The molecule has 0 amide bonds. The van der Waals surface area contributed by atoms with Crippen LogP contribution in [0.1, 0.15) is 31.3 Å². The number of benzene rings is 2. The van der Waals surface area contributed by atoms with Gasteiger partial charge < -0.3 is 9.51 Å². The highest BCUT2D eigenvalue weighted by Gasteiger charge is 2.12. The highest BCUT2D eigenvalue weighted by molar-refractivity contribution is 5.81. The number of rotatable bonds is 4. The molecule has 0 bridgehead atoms. The minimum absolute atomic E-state index is 0.0852. The number of aromatic nitrogens is 4. The van der Waals surface area contributed by atoms with E-state index in [0.29, 0.717) is 11.7 Å². The molecule has 6 heteroatoms. The summed E-state index contributed by atoms with van der Waals surface area (Å²) in [5.74, 6) is 0.912. The fraction of sp³-hybridized carbons (Fsp3) is 0.150. The zero-order valence-corrected chi connectivity index (χ0v) is 14.5. The Kier molecular flexibility index (Phi) is 4.01. The van der Waals surface area contributed by atoms with Crippen molar-refractivity contribution in [2.45, 2.75) is 19.9 Å². The number of H-pyrrole nitrogens is 1. The molecule has 4 rings (SSSR count). The molecule has 2 aromatic carbocycles. The monoisotopic (exact) mass is 346 g/mol. The van der Waals surface area contributed by atoms with Crippen molar-refractivity contribution in [3.05, 3.63) is 70.5 Å². The molecule has 0 unspecified atom stereocenters. The van der Waals surface area contributed by atoms with Gasteiger partial charge in [-0.3, -0.25) is 4.57 Å². The lowest BCUT2D eigenvalue weighted by Gasteiger charge is -2.06. The highest BCUT2D eigenvalue weighted by atomic mass is 16.5. The number of nitrogens with zero attached hydrogens (tertiary/aromatic N) is 3. The quantitative estimate of drug-likeness (QED) is 0.603. The van der Waals surface area contributed by atoms with Crippen LogP contribution in [0.5, 0.6) is 0 Å². The van der Waals surface area contributed by atoms with E-state index in [-0.39, 0.29) is 11.7 Å². The minimum atomic E-state index is -0.119. The first-order chi connectivity index (χ1) is 12.6. The third kappa shape index (κ3) is 2.97. The number of imidazole rings is 1. The summed E-state index contributed by atoms with van der Waals surface area (Å²) >= 11 is 0. The van der Waals surface area contributed by atoms with Crippen LogP contribution >= 0.6 is 0 Å². The molecular formula is C20H18N4O2. The smallest absolute Gasteiger partial charge is 0.326 e. The summed E-state index contributed by atoms with van der Waals surface area (Å²) in [7, 11) is 0. The molecule has 130 valence electrons. The fourth-order valence-electron chi connectivity index (χ4n) is 2.93. The Hall–Kier alpha value is -3.41. The topological polar surface area (TPSA) is 76.7 Å². The Morgan fingerprint density at radius 2 is 1.92 bits per heavy atom. The average Bonchev–Trinajstić information content (AvgIpc) is 3.23. The van der Waals surface area contributed by atoms with E-state index in [1.54, 1.807) is 10.6 Å². The summed E-state index contributed by atoms with van der Waals surface area (Å²) in [4.78, 5) is 19.4. The summed E-state index contributed by atoms with van der Waals surface area (Å²) < 4.78 is 7.02. The first-order valence-electron chi connectivity index (χ1n) is 8.43. The van der Waals surface area contributed by atoms with Gasteiger partial charge in [0.05, 0.1) is 11.0 Å². The molecule has 0 radical (unpaired) electrons. The lowest BCUT2D eigenvalue weighted by Crippen LogP contribution is -2.18. The van der Waals surface area contributed by atoms with Crippen LogP contribution in [0.15, 0.2) is 57.8 Å². The number of hydrogen-bond donors (Lipinski definition) is 1. The van der Waals surface area contributed by atoms with Gasteiger partial charge in [0, 0.05) is 17.7 Å². The molecule has 1 N–H and O–H groups in total. The summed E-state index contributed by atoms with van der Waals surface area (Å²) in [5, 5.41) is 4.03. The second-order valence-corrected chi connectivity index (χ2v) is 6.33. The van der Waals surface area contributed by atoms with Crippen molar-refractivity contribution in [3.8, 4) is 11.4 Å². The standard InChI is InChI=1S/C20H18N4O2/c1-13(2)24-17-10-9-15(12-16(17)21-20(24)25)19-22-18(26-23-19)11-8-14-6-4-3-5-7-14/h3-13H,1-2H3,(H,21,25)/b11-8+. The van der Waals surface area contributed by atoms with E-state index in [4.69, 9.17) is 4.52 Å². The Balaban J connectivity index is 1.65. The molecule has 0 fully saturated rings. The maximum absolute atomic E-state index is 12.1. The van der Waals surface area contributed by atoms with Crippen LogP contribution in [-0.4, -0.2) is 19.7 Å². The molecule has 6 nitrogen and oxygen atoms in total. The van der Waals surface area contributed by atoms with Crippen LogP contribution in [-0.2, 0) is 0 Å². The third-order valence-corrected chi connectivity index (χ3v) is 4.15. The van der Waals surface area contributed by atoms with Gasteiger partial charge in [-0.2, -0.15) is 4.98 Å².